The maximum absolute atomic E-state index is 11.7. The van der Waals surface area contributed by atoms with Gasteiger partial charge in [0, 0.05) is 11.3 Å². The Hall–Kier alpha value is -2.48. The Morgan fingerprint density at radius 3 is 2.58 bits per heavy atom. The second-order valence-corrected chi connectivity index (χ2v) is 4.38. The van der Waals surface area contributed by atoms with Gasteiger partial charge < -0.3 is 15.7 Å². The average molecular weight is 260 g/mol. The van der Waals surface area contributed by atoms with E-state index in [1.807, 2.05) is 0 Å². The summed E-state index contributed by atoms with van der Waals surface area (Å²) in [5.41, 5.74) is 1.15. The molecule has 19 heavy (non-hydrogen) atoms. The summed E-state index contributed by atoms with van der Waals surface area (Å²) in [4.78, 5) is 22.7. The maximum Gasteiger partial charge on any atom is 0.326 e. The van der Waals surface area contributed by atoms with Gasteiger partial charge in [0.15, 0.2) is 0 Å². The van der Waals surface area contributed by atoms with Gasteiger partial charge in [0.05, 0.1) is 0 Å². The Morgan fingerprint density at radius 2 is 2.05 bits per heavy atom. The van der Waals surface area contributed by atoms with Crippen molar-refractivity contribution in [3.63, 3.8) is 0 Å². The molecule has 0 saturated heterocycles. The van der Waals surface area contributed by atoms with Gasteiger partial charge in [-0.2, -0.15) is 0 Å². The highest BCUT2D eigenvalue weighted by atomic mass is 16.4. The lowest BCUT2D eigenvalue weighted by molar-refractivity contribution is -0.140. The fraction of sp³-hybridized carbons (Fsp3) is 0.286. The van der Waals surface area contributed by atoms with Gasteiger partial charge >= 0.3 is 12.0 Å². The Kier molecular flexibility index (Phi) is 4.95. The SMILES string of the molecule is C#Cc1cccc(NC(=O)NC(C(=O)O)C(C)C)c1. The Labute approximate surface area is 112 Å². The molecule has 0 aliphatic heterocycles. The molecule has 1 rings (SSSR count). The lowest BCUT2D eigenvalue weighted by Crippen LogP contribution is -2.46. The fourth-order valence-corrected chi connectivity index (χ4v) is 1.51. The third kappa shape index (κ3) is 4.36. The molecule has 2 amide bonds. The molecule has 1 unspecified atom stereocenters. The summed E-state index contributed by atoms with van der Waals surface area (Å²) in [6.45, 7) is 3.44. The minimum absolute atomic E-state index is 0.208. The van der Waals surface area contributed by atoms with Crippen LogP contribution in [0.25, 0.3) is 0 Å². The monoisotopic (exact) mass is 260 g/mol. The number of urea groups is 1. The number of terminal acetylenes is 1. The zero-order chi connectivity index (χ0) is 14.4. The molecule has 0 heterocycles. The number of carboxylic acids is 1. The van der Waals surface area contributed by atoms with E-state index in [1.54, 1.807) is 38.1 Å². The first kappa shape index (κ1) is 14.6. The lowest BCUT2D eigenvalue weighted by Gasteiger charge is -2.18. The molecule has 5 heteroatoms. The van der Waals surface area contributed by atoms with E-state index in [-0.39, 0.29) is 5.92 Å². The van der Waals surface area contributed by atoms with Gasteiger partial charge in [0.25, 0.3) is 0 Å². The molecule has 100 valence electrons. The van der Waals surface area contributed by atoms with E-state index in [9.17, 15) is 9.59 Å². The van der Waals surface area contributed by atoms with Crippen molar-refractivity contribution in [1.29, 1.82) is 0 Å². The van der Waals surface area contributed by atoms with Crippen LogP contribution in [0.1, 0.15) is 19.4 Å². The minimum Gasteiger partial charge on any atom is -0.480 e. The Bertz CT molecular complexity index is 518. The van der Waals surface area contributed by atoms with Gasteiger partial charge in [0.1, 0.15) is 6.04 Å². The normalized spacial score (nSPS) is 11.5. The first-order chi connectivity index (χ1) is 8.93. The van der Waals surface area contributed by atoms with Crippen LogP contribution < -0.4 is 10.6 Å². The van der Waals surface area contributed by atoms with E-state index < -0.39 is 18.0 Å². The Balaban J connectivity index is 2.69. The number of rotatable bonds is 4. The van der Waals surface area contributed by atoms with Crippen LogP contribution in [0.5, 0.6) is 0 Å². The molecule has 5 nitrogen and oxygen atoms in total. The summed E-state index contributed by atoms with van der Waals surface area (Å²) in [7, 11) is 0. The molecule has 3 N–H and O–H groups in total. The lowest BCUT2D eigenvalue weighted by atomic mass is 10.1. The molecule has 1 aromatic carbocycles. The van der Waals surface area contributed by atoms with Crippen molar-refractivity contribution in [3.05, 3.63) is 29.8 Å². The summed E-state index contributed by atoms with van der Waals surface area (Å²) in [5.74, 6) is 1.18. The predicted octanol–water partition coefficient (Wildman–Crippen LogP) is 1.90. The Morgan fingerprint density at radius 1 is 1.37 bits per heavy atom. The number of amides is 2. The van der Waals surface area contributed by atoms with Crippen LogP contribution in [-0.2, 0) is 4.79 Å². The topological polar surface area (TPSA) is 78.4 Å². The zero-order valence-electron chi connectivity index (χ0n) is 10.8. The number of hydrogen-bond donors (Lipinski definition) is 3. The molecule has 0 aliphatic rings. The van der Waals surface area contributed by atoms with Crippen LogP contribution >= 0.6 is 0 Å². The number of aliphatic carboxylic acids is 1. The summed E-state index contributed by atoms with van der Waals surface area (Å²) >= 11 is 0. The number of carboxylic acid groups (broad SMARTS) is 1. The van der Waals surface area contributed by atoms with Crippen molar-refractivity contribution in [2.75, 3.05) is 5.32 Å². The number of hydrogen-bond acceptors (Lipinski definition) is 2. The molecule has 0 fully saturated rings. The van der Waals surface area contributed by atoms with Crippen molar-refractivity contribution in [3.8, 4) is 12.3 Å². The van der Waals surface area contributed by atoms with Crippen LogP contribution in [0.2, 0.25) is 0 Å². The summed E-state index contributed by atoms with van der Waals surface area (Å²) < 4.78 is 0. The van der Waals surface area contributed by atoms with E-state index >= 15 is 0 Å². The quantitative estimate of drug-likeness (QED) is 0.723. The van der Waals surface area contributed by atoms with Crippen LogP contribution in [0.15, 0.2) is 24.3 Å². The van der Waals surface area contributed by atoms with Crippen molar-refractivity contribution >= 4 is 17.7 Å². The number of benzene rings is 1. The van der Waals surface area contributed by atoms with E-state index in [1.165, 1.54) is 0 Å². The fourth-order valence-electron chi connectivity index (χ4n) is 1.51. The van der Waals surface area contributed by atoms with Crippen LogP contribution in [0.3, 0.4) is 0 Å². The standard InChI is InChI=1S/C14H16N2O3/c1-4-10-6-5-7-11(8-10)15-14(19)16-12(9(2)3)13(17)18/h1,5-9,12H,2-3H3,(H,17,18)(H2,15,16,19). The van der Waals surface area contributed by atoms with Gasteiger partial charge in [-0.25, -0.2) is 9.59 Å². The van der Waals surface area contributed by atoms with Gasteiger partial charge in [-0.3, -0.25) is 0 Å². The van der Waals surface area contributed by atoms with E-state index in [0.29, 0.717) is 11.3 Å². The third-order valence-corrected chi connectivity index (χ3v) is 2.51. The number of carbonyl (C=O) groups excluding carboxylic acids is 1. The van der Waals surface area contributed by atoms with Gasteiger partial charge in [-0.15, -0.1) is 6.42 Å². The van der Waals surface area contributed by atoms with Crippen molar-refractivity contribution in [1.82, 2.24) is 5.32 Å². The maximum atomic E-state index is 11.7. The summed E-state index contributed by atoms with van der Waals surface area (Å²) in [6, 6.07) is 5.24. The van der Waals surface area contributed by atoms with E-state index in [0.717, 1.165) is 0 Å². The van der Waals surface area contributed by atoms with Gasteiger partial charge in [0.2, 0.25) is 0 Å². The largest absolute Gasteiger partial charge is 0.480 e. The van der Waals surface area contributed by atoms with Crippen molar-refractivity contribution in [2.45, 2.75) is 19.9 Å². The number of carbonyl (C=O) groups is 2. The minimum atomic E-state index is -1.07. The first-order valence-electron chi connectivity index (χ1n) is 5.81. The summed E-state index contributed by atoms with van der Waals surface area (Å²) in [6.07, 6.45) is 5.25. The molecular weight excluding hydrogens is 244 g/mol. The van der Waals surface area contributed by atoms with Gasteiger partial charge in [-0.05, 0) is 24.1 Å². The smallest absolute Gasteiger partial charge is 0.326 e. The highest BCUT2D eigenvalue weighted by Gasteiger charge is 2.23. The third-order valence-electron chi connectivity index (χ3n) is 2.51. The number of anilines is 1. The van der Waals surface area contributed by atoms with Crippen LogP contribution in [-0.4, -0.2) is 23.1 Å². The van der Waals surface area contributed by atoms with Crippen molar-refractivity contribution < 1.29 is 14.7 Å². The average Bonchev–Trinajstić information content (AvgIpc) is 2.35. The van der Waals surface area contributed by atoms with E-state index in [2.05, 4.69) is 16.6 Å². The zero-order valence-corrected chi connectivity index (χ0v) is 10.8. The van der Waals surface area contributed by atoms with Gasteiger partial charge in [-0.1, -0.05) is 25.8 Å². The number of nitrogens with one attached hydrogen (secondary N) is 2. The van der Waals surface area contributed by atoms with Crippen LogP contribution in [0, 0.1) is 18.3 Å². The molecule has 0 saturated carbocycles. The molecule has 0 spiro atoms. The highest BCUT2D eigenvalue weighted by Crippen LogP contribution is 2.10. The summed E-state index contributed by atoms with van der Waals surface area (Å²) in [5, 5.41) is 13.9. The predicted molar refractivity (Wildman–Crippen MR) is 72.8 cm³/mol. The molecule has 0 radical (unpaired) electrons. The molecule has 0 aromatic heterocycles. The highest BCUT2D eigenvalue weighted by molar-refractivity contribution is 5.92. The second-order valence-electron chi connectivity index (χ2n) is 4.38. The first-order valence-corrected chi connectivity index (χ1v) is 5.81. The van der Waals surface area contributed by atoms with Crippen molar-refractivity contribution in [2.24, 2.45) is 5.92 Å². The molecule has 0 bridgehead atoms. The molecule has 1 aromatic rings. The second kappa shape index (κ2) is 6.45. The molecule has 0 aliphatic carbocycles. The van der Waals surface area contributed by atoms with E-state index in [4.69, 9.17) is 11.5 Å². The van der Waals surface area contributed by atoms with Crippen LogP contribution in [0.4, 0.5) is 10.5 Å². The molecular formula is C14H16N2O3. The molecule has 1 atom stereocenters.